The van der Waals surface area contributed by atoms with Crippen LogP contribution in [-0.4, -0.2) is 21.3 Å². The largest absolute Gasteiger partial charge is 0.370 e. The molecule has 0 aromatic carbocycles. The number of aromatic nitrogens is 3. The van der Waals surface area contributed by atoms with Crippen molar-refractivity contribution in [2.45, 2.75) is 26.3 Å². The number of halogens is 1. The van der Waals surface area contributed by atoms with Crippen LogP contribution in [0.15, 0.2) is 18.3 Å². The summed E-state index contributed by atoms with van der Waals surface area (Å²) >= 11 is 0. The molecule has 2 aromatic rings. The Hall–Kier alpha value is -1.91. The van der Waals surface area contributed by atoms with E-state index in [9.17, 15) is 4.39 Å². The van der Waals surface area contributed by atoms with Crippen molar-refractivity contribution in [1.82, 2.24) is 14.8 Å². The van der Waals surface area contributed by atoms with Crippen LogP contribution in [0.1, 0.15) is 29.4 Å². The number of hydrogen-bond acceptors (Lipinski definition) is 3. The molecule has 1 N–H and O–H groups in total. The molecule has 0 saturated heterocycles. The zero-order chi connectivity index (χ0) is 12.7. The quantitative estimate of drug-likeness (QED) is 0.840. The first kappa shape index (κ1) is 11.2. The second-order valence-electron chi connectivity index (χ2n) is 4.64. The van der Waals surface area contributed by atoms with Gasteiger partial charge in [0.2, 0.25) is 0 Å². The number of nitrogens with one attached hydrogen (secondary N) is 1. The molecule has 1 atom stereocenters. The summed E-state index contributed by atoms with van der Waals surface area (Å²) in [6, 6.07) is 3.28. The van der Waals surface area contributed by atoms with Crippen LogP contribution in [0.3, 0.4) is 0 Å². The van der Waals surface area contributed by atoms with E-state index in [1.165, 1.54) is 17.8 Å². The Morgan fingerprint density at radius 2 is 2.22 bits per heavy atom. The molecule has 0 amide bonds. The molecular weight excluding hydrogens is 231 g/mol. The molecule has 5 heteroatoms. The van der Waals surface area contributed by atoms with Gasteiger partial charge in [-0.05, 0) is 32.4 Å². The SMILES string of the molecule is Cc1nn2c(c1C)NCCC2c1ccc(F)cn1. The van der Waals surface area contributed by atoms with Crippen molar-refractivity contribution in [3.8, 4) is 0 Å². The molecule has 1 aliphatic heterocycles. The minimum absolute atomic E-state index is 0.0919. The Labute approximate surface area is 105 Å². The van der Waals surface area contributed by atoms with Crippen molar-refractivity contribution in [2.24, 2.45) is 0 Å². The van der Waals surface area contributed by atoms with Crippen LogP contribution in [0.2, 0.25) is 0 Å². The summed E-state index contributed by atoms with van der Waals surface area (Å²) in [5.41, 5.74) is 3.05. The van der Waals surface area contributed by atoms with Gasteiger partial charge in [0, 0.05) is 12.1 Å². The van der Waals surface area contributed by atoms with Gasteiger partial charge < -0.3 is 5.32 Å². The molecule has 1 unspecified atom stereocenters. The minimum atomic E-state index is -0.305. The smallest absolute Gasteiger partial charge is 0.141 e. The Morgan fingerprint density at radius 1 is 1.39 bits per heavy atom. The molecule has 94 valence electrons. The summed E-state index contributed by atoms with van der Waals surface area (Å²) in [6.45, 7) is 4.94. The van der Waals surface area contributed by atoms with Crippen LogP contribution in [0.5, 0.6) is 0 Å². The van der Waals surface area contributed by atoms with Crippen molar-refractivity contribution >= 4 is 5.82 Å². The maximum absolute atomic E-state index is 12.9. The van der Waals surface area contributed by atoms with Crippen LogP contribution in [-0.2, 0) is 0 Å². The molecule has 0 bridgehead atoms. The maximum Gasteiger partial charge on any atom is 0.141 e. The van der Waals surface area contributed by atoms with E-state index < -0.39 is 0 Å². The normalized spacial score (nSPS) is 18.3. The Kier molecular flexibility index (Phi) is 2.54. The topological polar surface area (TPSA) is 42.7 Å². The van der Waals surface area contributed by atoms with Gasteiger partial charge in [-0.1, -0.05) is 0 Å². The third-order valence-electron chi connectivity index (χ3n) is 3.48. The summed E-state index contributed by atoms with van der Waals surface area (Å²) in [7, 11) is 0. The molecule has 1 aliphatic rings. The van der Waals surface area contributed by atoms with Crippen LogP contribution in [0.4, 0.5) is 10.2 Å². The second kappa shape index (κ2) is 4.08. The third kappa shape index (κ3) is 1.66. The standard InChI is InChI=1S/C13H15FN4/c1-8-9(2)17-18-12(5-6-15-13(8)18)11-4-3-10(14)7-16-11/h3-4,7,12,15H,5-6H2,1-2H3. The molecule has 2 aromatic heterocycles. The lowest BCUT2D eigenvalue weighted by Gasteiger charge is -2.25. The number of fused-ring (bicyclic) bond motifs is 1. The fraction of sp³-hybridized carbons (Fsp3) is 0.385. The molecule has 3 heterocycles. The number of pyridine rings is 1. The lowest BCUT2D eigenvalue weighted by atomic mass is 10.1. The number of rotatable bonds is 1. The van der Waals surface area contributed by atoms with Gasteiger partial charge in [0.1, 0.15) is 11.6 Å². The summed E-state index contributed by atoms with van der Waals surface area (Å²) < 4.78 is 14.9. The number of nitrogens with zero attached hydrogens (tertiary/aromatic N) is 3. The molecule has 3 rings (SSSR count). The lowest BCUT2D eigenvalue weighted by molar-refractivity contribution is 0.467. The van der Waals surface area contributed by atoms with Crippen LogP contribution >= 0.6 is 0 Å². The highest BCUT2D eigenvalue weighted by Gasteiger charge is 2.25. The number of aryl methyl sites for hydroxylation is 1. The summed E-state index contributed by atoms with van der Waals surface area (Å²) in [5.74, 6) is 0.746. The highest BCUT2D eigenvalue weighted by atomic mass is 19.1. The van der Waals surface area contributed by atoms with Gasteiger partial charge in [-0.25, -0.2) is 9.07 Å². The van der Waals surface area contributed by atoms with Gasteiger partial charge in [0.05, 0.1) is 23.6 Å². The maximum atomic E-state index is 12.9. The van der Waals surface area contributed by atoms with E-state index in [1.54, 1.807) is 6.07 Å². The van der Waals surface area contributed by atoms with Gasteiger partial charge >= 0.3 is 0 Å². The highest BCUT2D eigenvalue weighted by Crippen LogP contribution is 2.31. The predicted octanol–water partition coefficient (Wildman–Crippen LogP) is 2.44. The van der Waals surface area contributed by atoms with Crippen LogP contribution in [0, 0.1) is 19.7 Å². The third-order valence-corrected chi connectivity index (χ3v) is 3.48. The summed E-state index contributed by atoms with van der Waals surface area (Å²) in [4.78, 5) is 4.18. The van der Waals surface area contributed by atoms with Crippen molar-refractivity contribution in [1.29, 1.82) is 0 Å². The summed E-state index contributed by atoms with van der Waals surface area (Å²) in [5, 5.41) is 7.91. The Bertz CT molecular complexity index is 573. The van der Waals surface area contributed by atoms with Gasteiger partial charge in [-0.2, -0.15) is 5.10 Å². The van der Waals surface area contributed by atoms with E-state index in [0.29, 0.717) is 0 Å². The van der Waals surface area contributed by atoms with E-state index >= 15 is 0 Å². The molecule has 4 nitrogen and oxygen atoms in total. The summed E-state index contributed by atoms with van der Waals surface area (Å²) in [6.07, 6.45) is 2.17. The first-order valence-corrected chi connectivity index (χ1v) is 6.08. The van der Waals surface area contributed by atoms with Crippen molar-refractivity contribution in [3.05, 3.63) is 41.1 Å². The van der Waals surface area contributed by atoms with Crippen molar-refractivity contribution in [3.63, 3.8) is 0 Å². The van der Waals surface area contributed by atoms with E-state index in [4.69, 9.17) is 0 Å². The van der Waals surface area contributed by atoms with Gasteiger partial charge in [-0.3, -0.25) is 4.98 Å². The monoisotopic (exact) mass is 246 g/mol. The molecule has 0 saturated carbocycles. The lowest BCUT2D eigenvalue weighted by Crippen LogP contribution is -2.25. The molecule has 0 radical (unpaired) electrons. The molecule has 0 fully saturated rings. The van der Waals surface area contributed by atoms with Gasteiger partial charge in [0.15, 0.2) is 0 Å². The van der Waals surface area contributed by atoms with E-state index in [-0.39, 0.29) is 11.9 Å². The van der Waals surface area contributed by atoms with Crippen LogP contribution < -0.4 is 5.32 Å². The zero-order valence-electron chi connectivity index (χ0n) is 10.4. The van der Waals surface area contributed by atoms with Crippen LogP contribution in [0.25, 0.3) is 0 Å². The fourth-order valence-electron chi connectivity index (χ4n) is 2.38. The van der Waals surface area contributed by atoms with E-state index in [0.717, 1.165) is 30.2 Å². The molecule has 0 spiro atoms. The average Bonchev–Trinajstić information content (AvgIpc) is 2.67. The first-order valence-electron chi connectivity index (χ1n) is 6.08. The minimum Gasteiger partial charge on any atom is -0.370 e. The molecule has 18 heavy (non-hydrogen) atoms. The van der Waals surface area contributed by atoms with E-state index in [2.05, 4.69) is 22.3 Å². The number of hydrogen-bond donors (Lipinski definition) is 1. The fourth-order valence-corrected chi connectivity index (χ4v) is 2.38. The first-order chi connectivity index (χ1) is 8.66. The Morgan fingerprint density at radius 3 is 2.94 bits per heavy atom. The number of anilines is 1. The zero-order valence-corrected chi connectivity index (χ0v) is 10.4. The molecular formula is C13H15FN4. The molecule has 0 aliphatic carbocycles. The average molecular weight is 246 g/mol. The van der Waals surface area contributed by atoms with Gasteiger partial charge in [-0.15, -0.1) is 0 Å². The van der Waals surface area contributed by atoms with Gasteiger partial charge in [0.25, 0.3) is 0 Å². The predicted molar refractivity (Wildman–Crippen MR) is 67.1 cm³/mol. The second-order valence-corrected chi connectivity index (χ2v) is 4.64. The highest BCUT2D eigenvalue weighted by molar-refractivity contribution is 5.49. The van der Waals surface area contributed by atoms with E-state index in [1.807, 2.05) is 11.6 Å². The Balaban J connectivity index is 2.06. The van der Waals surface area contributed by atoms with Crippen molar-refractivity contribution in [2.75, 3.05) is 11.9 Å². The van der Waals surface area contributed by atoms with Crippen molar-refractivity contribution < 1.29 is 4.39 Å².